The second kappa shape index (κ2) is 5.24. The first kappa shape index (κ1) is 13.3. The van der Waals surface area contributed by atoms with E-state index >= 15 is 0 Å². The topological polar surface area (TPSA) is 49.4 Å². The van der Waals surface area contributed by atoms with Crippen molar-refractivity contribution in [3.63, 3.8) is 0 Å². The minimum Gasteiger partial charge on any atom is -0.371 e. The van der Waals surface area contributed by atoms with Gasteiger partial charge in [-0.25, -0.2) is 17.5 Å². The molecule has 4 nitrogen and oxygen atoms in total. The molecule has 100 valence electrons. The number of sulfonamides is 1. The normalized spacial score (nSPS) is 20.3. The van der Waals surface area contributed by atoms with Crippen molar-refractivity contribution in [1.82, 2.24) is 4.72 Å². The van der Waals surface area contributed by atoms with E-state index in [0.29, 0.717) is 12.5 Å². The molecule has 0 saturated carbocycles. The first-order valence-corrected chi connectivity index (χ1v) is 7.78. The highest BCUT2D eigenvalue weighted by Gasteiger charge is 2.23. The molecule has 1 fully saturated rings. The number of nitrogens with one attached hydrogen (secondary N) is 1. The van der Waals surface area contributed by atoms with Gasteiger partial charge in [-0.1, -0.05) is 0 Å². The number of nitrogens with zero attached hydrogens (tertiary/aromatic N) is 1. The molecular formula is C12H17FN2O2S. The summed E-state index contributed by atoms with van der Waals surface area (Å²) in [6.07, 6.45) is 2.11. The van der Waals surface area contributed by atoms with Crippen LogP contribution in [0.2, 0.25) is 0 Å². The molecule has 1 aromatic carbocycles. The molecule has 0 aromatic heterocycles. The Balaban J connectivity index is 1.90. The fourth-order valence-corrected chi connectivity index (χ4v) is 2.69. The lowest BCUT2D eigenvalue weighted by atomic mass is 10.1. The number of hydrogen-bond acceptors (Lipinski definition) is 3. The van der Waals surface area contributed by atoms with Crippen LogP contribution < -0.4 is 9.62 Å². The van der Waals surface area contributed by atoms with E-state index in [4.69, 9.17) is 0 Å². The van der Waals surface area contributed by atoms with Gasteiger partial charge < -0.3 is 4.90 Å². The van der Waals surface area contributed by atoms with Crippen molar-refractivity contribution >= 4 is 15.7 Å². The molecule has 6 heteroatoms. The molecule has 1 aliphatic heterocycles. The number of benzene rings is 1. The largest absolute Gasteiger partial charge is 0.371 e. The molecule has 0 aliphatic carbocycles. The third kappa shape index (κ3) is 3.68. The van der Waals surface area contributed by atoms with Crippen LogP contribution in [-0.4, -0.2) is 34.3 Å². The summed E-state index contributed by atoms with van der Waals surface area (Å²) < 4.78 is 37.4. The van der Waals surface area contributed by atoms with E-state index in [2.05, 4.69) is 9.62 Å². The average Bonchev–Trinajstić information content (AvgIpc) is 2.75. The van der Waals surface area contributed by atoms with Crippen molar-refractivity contribution in [3.05, 3.63) is 30.1 Å². The van der Waals surface area contributed by atoms with Crippen molar-refractivity contribution in [2.24, 2.45) is 5.92 Å². The summed E-state index contributed by atoms with van der Waals surface area (Å²) in [6, 6.07) is 6.39. The molecule has 0 bridgehead atoms. The lowest BCUT2D eigenvalue weighted by Crippen LogP contribution is -2.30. The maximum Gasteiger partial charge on any atom is 0.208 e. The van der Waals surface area contributed by atoms with Gasteiger partial charge in [0.2, 0.25) is 10.0 Å². The SMILES string of the molecule is CS(=O)(=O)NCC1CCN(c2ccc(F)cc2)C1. The Morgan fingerprint density at radius 2 is 2.06 bits per heavy atom. The lowest BCUT2D eigenvalue weighted by Gasteiger charge is -2.18. The molecule has 1 aromatic rings. The summed E-state index contributed by atoms with van der Waals surface area (Å²) in [5.41, 5.74) is 0.984. The number of halogens is 1. The van der Waals surface area contributed by atoms with Crippen LogP contribution in [0.5, 0.6) is 0 Å². The first-order chi connectivity index (χ1) is 8.44. The zero-order valence-electron chi connectivity index (χ0n) is 10.3. The van der Waals surface area contributed by atoms with Crippen molar-refractivity contribution in [2.45, 2.75) is 6.42 Å². The Morgan fingerprint density at radius 3 is 2.67 bits per heavy atom. The number of rotatable bonds is 4. The summed E-state index contributed by atoms with van der Waals surface area (Å²) in [5.74, 6) is 0.0676. The van der Waals surface area contributed by atoms with Crippen LogP contribution >= 0.6 is 0 Å². The van der Waals surface area contributed by atoms with Gasteiger partial charge in [-0.05, 0) is 36.6 Å². The molecule has 0 spiro atoms. The summed E-state index contributed by atoms with van der Waals surface area (Å²) in [5, 5.41) is 0. The standard InChI is InChI=1S/C12H17FN2O2S/c1-18(16,17)14-8-10-6-7-15(9-10)12-4-2-11(13)3-5-12/h2-5,10,14H,6-9H2,1H3. The molecule has 18 heavy (non-hydrogen) atoms. The van der Waals surface area contributed by atoms with Crippen LogP contribution in [0.4, 0.5) is 10.1 Å². The minimum atomic E-state index is -3.12. The molecule has 1 atom stereocenters. The van der Waals surface area contributed by atoms with E-state index in [9.17, 15) is 12.8 Å². The Kier molecular flexibility index (Phi) is 3.87. The van der Waals surface area contributed by atoms with Crippen LogP contribution in [0.1, 0.15) is 6.42 Å². The zero-order chi connectivity index (χ0) is 13.2. The summed E-state index contributed by atoms with van der Waals surface area (Å²) in [7, 11) is -3.12. The number of anilines is 1. The Bertz CT molecular complexity index is 501. The first-order valence-electron chi connectivity index (χ1n) is 5.89. The molecule has 2 rings (SSSR count). The van der Waals surface area contributed by atoms with Gasteiger partial charge in [0.1, 0.15) is 5.82 Å². The van der Waals surface area contributed by atoms with Crippen LogP contribution in [-0.2, 0) is 10.0 Å². The maximum atomic E-state index is 12.8. The van der Waals surface area contributed by atoms with Gasteiger partial charge in [0.15, 0.2) is 0 Å². The summed E-state index contributed by atoms with van der Waals surface area (Å²) >= 11 is 0. The summed E-state index contributed by atoms with van der Waals surface area (Å²) in [4.78, 5) is 2.15. The van der Waals surface area contributed by atoms with Crippen LogP contribution in [0.15, 0.2) is 24.3 Å². The van der Waals surface area contributed by atoms with Crippen molar-refractivity contribution < 1.29 is 12.8 Å². The third-order valence-electron chi connectivity index (χ3n) is 3.11. The minimum absolute atomic E-state index is 0.242. The van der Waals surface area contributed by atoms with Gasteiger partial charge >= 0.3 is 0 Å². The fraction of sp³-hybridized carbons (Fsp3) is 0.500. The molecule has 0 amide bonds. The lowest BCUT2D eigenvalue weighted by molar-refractivity contribution is 0.545. The monoisotopic (exact) mass is 272 g/mol. The summed E-state index contributed by atoms with van der Waals surface area (Å²) in [6.45, 7) is 2.15. The highest BCUT2D eigenvalue weighted by Crippen LogP contribution is 2.23. The van der Waals surface area contributed by atoms with Gasteiger partial charge in [0, 0.05) is 25.3 Å². The van der Waals surface area contributed by atoms with Gasteiger partial charge in [0.05, 0.1) is 6.26 Å². The van der Waals surface area contributed by atoms with E-state index in [1.54, 1.807) is 12.1 Å². The van der Waals surface area contributed by atoms with E-state index in [1.165, 1.54) is 18.4 Å². The molecule has 1 N–H and O–H groups in total. The average molecular weight is 272 g/mol. The van der Waals surface area contributed by atoms with Gasteiger partial charge in [-0.2, -0.15) is 0 Å². The molecule has 1 aliphatic rings. The van der Waals surface area contributed by atoms with Crippen molar-refractivity contribution in [3.8, 4) is 0 Å². The van der Waals surface area contributed by atoms with Crippen LogP contribution in [0.3, 0.4) is 0 Å². The van der Waals surface area contributed by atoms with E-state index < -0.39 is 10.0 Å². The van der Waals surface area contributed by atoms with E-state index in [1.807, 2.05) is 0 Å². The predicted molar refractivity (Wildman–Crippen MR) is 69.6 cm³/mol. The molecule has 1 heterocycles. The quantitative estimate of drug-likeness (QED) is 0.896. The third-order valence-corrected chi connectivity index (χ3v) is 3.80. The fourth-order valence-electron chi connectivity index (χ4n) is 2.15. The molecular weight excluding hydrogens is 255 g/mol. The molecule has 0 radical (unpaired) electrons. The Labute approximate surface area is 107 Å². The second-order valence-electron chi connectivity index (χ2n) is 4.70. The molecule has 1 unspecified atom stereocenters. The van der Waals surface area contributed by atoms with Gasteiger partial charge in [-0.3, -0.25) is 0 Å². The van der Waals surface area contributed by atoms with Crippen LogP contribution in [0, 0.1) is 11.7 Å². The van der Waals surface area contributed by atoms with Crippen LogP contribution in [0.25, 0.3) is 0 Å². The predicted octanol–water partition coefficient (Wildman–Crippen LogP) is 1.20. The van der Waals surface area contributed by atoms with Crippen molar-refractivity contribution in [2.75, 3.05) is 30.8 Å². The smallest absolute Gasteiger partial charge is 0.208 e. The Hall–Kier alpha value is -1.14. The highest BCUT2D eigenvalue weighted by atomic mass is 32.2. The highest BCUT2D eigenvalue weighted by molar-refractivity contribution is 7.88. The van der Waals surface area contributed by atoms with E-state index in [0.717, 1.165) is 25.2 Å². The zero-order valence-corrected chi connectivity index (χ0v) is 11.1. The number of hydrogen-bond donors (Lipinski definition) is 1. The van der Waals surface area contributed by atoms with Crippen molar-refractivity contribution in [1.29, 1.82) is 0 Å². The van der Waals surface area contributed by atoms with Gasteiger partial charge in [0.25, 0.3) is 0 Å². The second-order valence-corrected chi connectivity index (χ2v) is 6.53. The molecule has 1 saturated heterocycles. The Morgan fingerprint density at radius 1 is 1.39 bits per heavy atom. The maximum absolute atomic E-state index is 12.8. The van der Waals surface area contributed by atoms with Gasteiger partial charge in [-0.15, -0.1) is 0 Å². The van der Waals surface area contributed by atoms with E-state index in [-0.39, 0.29) is 5.82 Å².